The van der Waals surface area contributed by atoms with Gasteiger partial charge >= 0.3 is 0 Å². The lowest BCUT2D eigenvalue weighted by Gasteiger charge is -2.14. The van der Waals surface area contributed by atoms with Gasteiger partial charge in [-0.1, -0.05) is 71.7 Å². The van der Waals surface area contributed by atoms with Crippen LogP contribution in [-0.4, -0.2) is 25.4 Å². The van der Waals surface area contributed by atoms with Crippen molar-refractivity contribution in [2.24, 2.45) is 12.0 Å². The molecule has 0 amide bonds. The van der Waals surface area contributed by atoms with E-state index in [1.807, 2.05) is 31.3 Å². The first-order valence-corrected chi connectivity index (χ1v) is 15.3. The van der Waals surface area contributed by atoms with E-state index in [2.05, 4.69) is 56.9 Å². The third kappa shape index (κ3) is 5.17. The topological polar surface area (TPSA) is 72.7 Å². The lowest BCUT2D eigenvalue weighted by molar-refractivity contribution is 0.395. The molecule has 0 atom stereocenters. The van der Waals surface area contributed by atoms with E-state index in [1.54, 1.807) is 6.08 Å². The summed E-state index contributed by atoms with van der Waals surface area (Å²) in [6, 6.07) is 22.1. The first-order valence-electron chi connectivity index (χ1n) is 12.2. The Kier molecular flexibility index (Phi) is 6.89. The van der Waals surface area contributed by atoms with Gasteiger partial charge in [-0.15, -0.1) is 11.3 Å². The van der Waals surface area contributed by atoms with Gasteiger partial charge in [-0.05, 0) is 59.0 Å². The highest BCUT2D eigenvalue weighted by Crippen LogP contribution is 2.35. The zero-order valence-electron chi connectivity index (χ0n) is 20.8. The minimum Gasteiger partial charge on any atom is -0.422 e. The van der Waals surface area contributed by atoms with Crippen LogP contribution in [0.15, 0.2) is 94.1 Å². The van der Waals surface area contributed by atoms with Gasteiger partial charge in [-0.2, -0.15) is 0 Å². The van der Waals surface area contributed by atoms with E-state index in [4.69, 9.17) is 27.9 Å². The van der Waals surface area contributed by atoms with Gasteiger partial charge < -0.3 is 9.30 Å². The molecule has 1 N–H and O–H groups in total. The van der Waals surface area contributed by atoms with E-state index in [0.29, 0.717) is 18.9 Å². The summed E-state index contributed by atoms with van der Waals surface area (Å²) in [6.07, 6.45) is 5.06. The second-order valence-corrected chi connectivity index (χ2v) is 13.2. The number of aromatic nitrogens is 1. The van der Waals surface area contributed by atoms with Gasteiger partial charge in [0.2, 0.25) is 11.8 Å². The van der Waals surface area contributed by atoms with Gasteiger partial charge in [0.1, 0.15) is 8.55 Å². The van der Waals surface area contributed by atoms with Crippen molar-refractivity contribution in [3.63, 3.8) is 0 Å². The summed E-state index contributed by atoms with van der Waals surface area (Å²) in [5.74, 6) is 0.455. The van der Waals surface area contributed by atoms with Gasteiger partial charge in [-0.3, -0.25) is 4.99 Å². The number of sulfonamides is 1. The normalized spacial score (nSPS) is 14.1. The number of ether oxygens (including phenoxy) is 1. The van der Waals surface area contributed by atoms with Crippen LogP contribution in [0.5, 0.6) is 0 Å². The van der Waals surface area contributed by atoms with Gasteiger partial charge in [0.05, 0.1) is 5.02 Å². The number of halogens is 2. The van der Waals surface area contributed by atoms with Gasteiger partial charge in [0.15, 0.2) is 0 Å². The molecule has 6 rings (SSSR count). The highest BCUT2D eigenvalue weighted by atomic mass is 35.5. The molecular weight excluding hydrogens is 573 g/mol. The van der Waals surface area contributed by atoms with Crippen LogP contribution in [0.4, 0.5) is 0 Å². The summed E-state index contributed by atoms with van der Waals surface area (Å²) in [4.78, 5) is 4.67. The highest BCUT2D eigenvalue weighted by Gasteiger charge is 2.24. The molecule has 2 aromatic heterocycles. The summed E-state index contributed by atoms with van der Waals surface area (Å²) in [7, 11) is -1.93. The lowest BCUT2D eigenvalue weighted by atomic mass is 9.98. The average molecular weight is 597 g/mol. The molecule has 0 aliphatic carbocycles. The number of thiophene rings is 1. The second-order valence-electron chi connectivity index (χ2n) is 9.26. The third-order valence-corrected chi connectivity index (χ3v) is 10.3. The zero-order valence-corrected chi connectivity index (χ0v) is 24.0. The standard InChI is InChI=1S/C29H23Cl2N3O3S2/c1-34-17-21(15-18-11-12-19-6-2-3-7-20(19)14-18)27-22(8-4-9-24(27)34)29-32-13-5-10-25(37-29)33-39(35,36)26-16-23(30)28(31)38-26/h2-4,6-12,14,16-17,33H,5,13,15H2,1H3. The summed E-state index contributed by atoms with van der Waals surface area (Å²) in [6.45, 7) is 0.459. The predicted octanol–water partition coefficient (Wildman–Crippen LogP) is 7.28. The molecule has 10 heteroatoms. The van der Waals surface area contributed by atoms with Gasteiger partial charge in [0, 0.05) is 36.3 Å². The van der Waals surface area contributed by atoms with Gasteiger partial charge in [-0.25, -0.2) is 13.1 Å². The molecular formula is C29H23Cl2N3O3S2. The largest absolute Gasteiger partial charge is 0.422 e. The first-order chi connectivity index (χ1) is 18.8. The number of rotatable bonds is 6. The molecule has 1 aliphatic heterocycles. The number of aliphatic imine (C=N–C) groups is 1. The Bertz CT molecular complexity index is 1890. The molecule has 6 nitrogen and oxygen atoms in total. The molecule has 0 bridgehead atoms. The Balaban J connectivity index is 1.34. The molecule has 0 saturated carbocycles. The number of hydrogen-bond acceptors (Lipinski definition) is 5. The number of nitrogens with one attached hydrogen (secondary N) is 1. The van der Waals surface area contributed by atoms with Crippen molar-refractivity contribution >= 4 is 72.1 Å². The lowest BCUT2D eigenvalue weighted by Crippen LogP contribution is -2.25. The van der Waals surface area contributed by atoms with Crippen LogP contribution in [-0.2, 0) is 28.2 Å². The quantitative estimate of drug-likeness (QED) is 0.224. The van der Waals surface area contributed by atoms with Crippen LogP contribution in [0.3, 0.4) is 0 Å². The molecule has 3 aromatic carbocycles. The molecule has 39 heavy (non-hydrogen) atoms. The van der Waals surface area contributed by atoms with E-state index in [9.17, 15) is 8.42 Å². The van der Waals surface area contributed by atoms with Crippen molar-refractivity contribution in [1.29, 1.82) is 0 Å². The zero-order chi connectivity index (χ0) is 27.1. The Labute approximate surface area is 240 Å². The molecule has 0 unspecified atom stereocenters. The maximum absolute atomic E-state index is 13.0. The molecule has 0 radical (unpaired) electrons. The first kappa shape index (κ1) is 26.0. The second kappa shape index (κ2) is 10.4. The molecule has 198 valence electrons. The Morgan fingerprint density at radius 1 is 1.05 bits per heavy atom. The van der Waals surface area contributed by atoms with Crippen LogP contribution < -0.4 is 4.72 Å². The minimum atomic E-state index is -3.94. The Hall–Kier alpha value is -3.30. The van der Waals surface area contributed by atoms with E-state index < -0.39 is 10.0 Å². The van der Waals surface area contributed by atoms with Crippen LogP contribution in [0.25, 0.3) is 21.7 Å². The van der Waals surface area contributed by atoms with E-state index >= 15 is 0 Å². The summed E-state index contributed by atoms with van der Waals surface area (Å²) in [5, 5.41) is 3.61. The van der Waals surface area contributed by atoms with E-state index in [0.717, 1.165) is 39.8 Å². The maximum atomic E-state index is 13.0. The van der Waals surface area contributed by atoms with Crippen molar-refractivity contribution < 1.29 is 13.2 Å². The maximum Gasteiger partial charge on any atom is 0.273 e. The number of benzene rings is 3. The van der Waals surface area contributed by atoms with Crippen molar-refractivity contribution in [2.75, 3.05) is 6.54 Å². The van der Waals surface area contributed by atoms with Crippen LogP contribution >= 0.6 is 34.5 Å². The number of nitrogens with zero attached hydrogens (tertiary/aromatic N) is 2. The van der Waals surface area contributed by atoms with Gasteiger partial charge in [0.25, 0.3) is 10.0 Å². The van der Waals surface area contributed by atoms with Crippen molar-refractivity contribution in [3.05, 3.63) is 111 Å². The monoisotopic (exact) mass is 595 g/mol. The minimum absolute atomic E-state index is 0.00701. The van der Waals surface area contributed by atoms with Crippen LogP contribution in [0.2, 0.25) is 9.36 Å². The smallest absolute Gasteiger partial charge is 0.273 e. The van der Waals surface area contributed by atoms with Crippen molar-refractivity contribution in [2.45, 2.75) is 17.1 Å². The Morgan fingerprint density at radius 3 is 2.67 bits per heavy atom. The highest BCUT2D eigenvalue weighted by molar-refractivity contribution is 7.91. The fourth-order valence-corrected chi connectivity index (χ4v) is 7.69. The van der Waals surface area contributed by atoms with E-state index in [1.165, 1.54) is 22.4 Å². The molecule has 5 aromatic rings. The fraction of sp³-hybridized carbons (Fsp3) is 0.138. The third-order valence-electron chi connectivity index (χ3n) is 6.58. The predicted molar refractivity (Wildman–Crippen MR) is 160 cm³/mol. The number of fused-ring (bicyclic) bond motifs is 2. The summed E-state index contributed by atoms with van der Waals surface area (Å²) < 4.78 is 37.0. The molecule has 1 aliphatic rings. The van der Waals surface area contributed by atoms with Crippen molar-refractivity contribution in [3.8, 4) is 0 Å². The average Bonchev–Trinajstić information content (AvgIpc) is 3.32. The van der Waals surface area contributed by atoms with Crippen molar-refractivity contribution in [1.82, 2.24) is 9.29 Å². The molecule has 0 spiro atoms. The fourth-order valence-electron chi connectivity index (χ4n) is 4.80. The van der Waals surface area contributed by atoms with Crippen LogP contribution in [0, 0.1) is 0 Å². The number of aryl methyl sites for hydroxylation is 1. The van der Waals surface area contributed by atoms with Crippen LogP contribution in [0.1, 0.15) is 23.1 Å². The molecule has 3 heterocycles. The molecule has 0 fully saturated rings. The number of hydrogen-bond donors (Lipinski definition) is 1. The molecule has 0 saturated heterocycles. The summed E-state index contributed by atoms with van der Waals surface area (Å²) in [5.41, 5.74) is 4.16. The summed E-state index contributed by atoms with van der Waals surface area (Å²) >= 11 is 12.9. The SMILES string of the molecule is Cn1cc(Cc2ccc3ccccc3c2)c2c(C3=NCCC=C(NS(=O)(=O)c4cc(Cl)c(Cl)s4)O3)cccc21. The van der Waals surface area contributed by atoms with E-state index in [-0.39, 0.29) is 19.5 Å². The Morgan fingerprint density at radius 2 is 1.87 bits per heavy atom.